The number of benzene rings is 1. The summed E-state index contributed by atoms with van der Waals surface area (Å²) in [5, 5.41) is 3.03. The Balaban J connectivity index is 2.02. The van der Waals surface area contributed by atoms with Gasteiger partial charge in [0.2, 0.25) is 0 Å². The summed E-state index contributed by atoms with van der Waals surface area (Å²) in [6.45, 7) is 4.00. The molecule has 0 aromatic heterocycles. The van der Waals surface area contributed by atoms with Crippen LogP contribution in [0.25, 0.3) is 0 Å². The molecule has 1 heterocycles. The van der Waals surface area contributed by atoms with Crippen LogP contribution in [0.5, 0.6) is 0 Å². The van der Waals surface area contributed by atoms with Crippen LogP contribution in [0.15, 0.2) is 24.3 Å². The topological polar surface area (TPSA) is 46.2 Å². The van der Waals surface area contributed by atoms with Gasteiger partial charge in [0.15, 0.2) is 0 Å². The van der Waals surface area contributed by atoms with E-state index in [0.717, 1.165) is 42.5 Å². The summed E-state index contributed by atoms with van der Waals surface area (Å²) < 4.78 is 12.4. The first-order valence-corrected chi connectivity index (χ1v) is 9.30. The van der Waals surface area contributed by atoms with E-state index < -0.39 is 7.14 Å². The first kappa shape index (κ1) is 14.3. The predicted molar refractivity (Wildman–Crippen MR) is 79.6 cm³/mol. The van der Waals surface area contributed by atoms with Gasteiger partial charge in [0.05, 0.1) is 7.14 Å². The molecule has 4 heteroatoms. The molecule has 1 atom stereocenters. The number of carbonyl (C=O) groups is 1. The number of fused-ring (bicyclic) bond motifs is 1. The highest BCUT2D eigenvalue weighted by molar-refractivity contribution is 7.63. The molecular formula is C15H22NO2P. The van der Waals surface area contributed by atoms with Crippen molar-refractivity contribution in [1.82, 2.24) is 5.32 Å². The maximum absolute atomic E-state index is 12.4. The van der Waals surface area contributed by atoms with E-state index in [0.29, 0.717) is 0 Å². The van der Waals surface area contributed by atoms with E-state index in [1.54, 1.807) is 0 Å². The van der Waals surface area contributed by atoms with Gasteiger partial charge in [-0.3, -0.25) is 4.79 Å². The molecule has 0 radical (unpaired) electrons. The van der Waals surface area contributed by atoms with E-state index in [4.69, 9.17) is 0 Å². The Kier molecular flexibility index (Phi) is 4.46. The van der Waals surface area contributed by atoms with Crippen LogP contribution in [-0.4, -0.2) is 30.4 Å². The Bertz CT molecular complexity index is 505. The SMILES string of the molecule is CCP(=O)(CC)CCC1Cc2ccccc2C(=O)N1. The largest absolute Gasteiger partial charge is 0.349 e. The van der Waals surface area contributed by atoms with Crippen molar-refractivity contribution in [3.8, 4) is 0 Å². The van der Waals surface area contributed by atoms with Crippen molar-refractivity contribution in [1.29, 1.82) is 0 Å². The minimum atomic E-state index is -2.00. The summed E-state index contributed by atoms with van der Waals surface area (Å²) in [5.41, 5.74) is 1.90. The van der Waals surface area contributed by atoms with Gasteiger partial charge in [-0.2, -0.15) is 0 Å². The van der Waals surface area contributed by atoms with E-state index in [1.807, 2.05) is 38.1 Å². The summed E-state index contributed by atoms with van der Waals surface area (Å²) >= 11 is 0. The molecule has 0 saturated heterocycles. The molecule has 2 rings (SSSR count). The molecular weight excluding hydrogens is 257 g/mol. The first-order valence-electron chi connectivity index (χ1n) is 7.04. The molecule has 1 aliphatic rings. The van der Waals surface area contributed by atoms with Gasteiger partial charge in [0.1, 0.15) is 0 Å². The summed E-state index contributed by atoms with van der Waals surface area (Å²) in [4.78, 5) is 12.0. The molecule has 1 N–H and O–H groups in total. The molecule has 19 heavy (non-hydrogen) atoms. The lowest BCUT2D eigenvalue weighted by Gasteiger charge is -2.27. The molecule has 0 saturated carbocycles. The Morgan fingerprint density at radius 3 is 2.63 bits per heavy atom. The van der Waals surface area contributed by atoms with Gasteiger partial charge in [-0.1, -0.05) is 32.0 Å². The van der Waals surface area contributed by atoms with Gasteiger partial charge in [0.25, 0.3) is 5.91 Å². The van der Waals surface area contributed by atoms with Crippen molar-refractivity contribution in [2.45, 2.75) is 32.7 Å². The minimum Gasteiger partial charge on any atom is -0.349 e. The van der Waals surface area contributed by atoms with E-state index in [1.165, 1.54) is 0 Å². The molecule has 1 aromatic carbocycles. The van der Waals surface area contributed by atoms with Crippen molar-refractivity contribution in [2.75, 3.05) is 18.5 Å². The van der Waals surface area contributed by atoms with Crippen LogP contribution >= 0.6 is 7.14 Å². The molecule has 1 amide bonds. The second-order valence-electron chi connectivity index (χ2n) is 5.23. The second-order valence-corrected chi connectivity index (χ2v) is 9.06. The third-order valence-corrected chi connectivity index (χ3v) is 7.48. The lowest BCUT2D eigenvalue weighted by Crippen LogP contribution is -2.41. The molecule has 0 fully saturated rings. The number of amides is 1. The number of hydrogen-bond donors (Lipinski definition) is 1. The summed E-state index contributed by atoms with van der Waals surface area (Å²) in [6.07, 6.45) is 3.95. The van der Waals surface area contributed by atoms with Crippen molar-refractivity contribution in [3.63, 3.8) is 0 Å². The van der Waals surface area contributed by atoms with Crippen molar-refractivity contribution < 1.29 is 9.36 Å². The molecule has 0 spiro atoms. The molecule has 1 aliphatic heterocycles. The van der Waals surface area contributed by atoms with Crippen LogP contribution in [0.2, 0.25) is 0 Å². The zero-order valence-corrected chi connectivity index (χ0v) is 12.6. The highest BCUT2D eigenvalue weighted by atomic mass is 31.2. The van der Waals surface area contributed by atoms with Crippen molar-refractivity contribution in [3.05, 3.63) is 35.4 Å². The van der Waals surface area contributed by atoms with Crippen LogP contribution in [-0.2, 0) is 11.0 Å². The third kappa shape index (κ3) is 3.27. The number of carbonyl (C=O) groups excluding carboxylic acids is 1. The maximum Gasteiger partial charge on any atom is 0.251 e. The van der Waals surface area contributed by atoms with Gasteiger partial charge in [-0.05, 0) is 36.8 Å². The van der Waals surface area contributed by atoms with E-state index >= 15 is 0 Å². The van der Waals surface area contributed by atoms with Crippen LogP contribution in [0.3, 0.4) is 0 Å². The molecule has 1 aromatic rings. The Morgan fingerprint density at radius 2 is 1.95 bits per heavy atom. The highest BCUT2D eigenvalue weighted by Gasteiger charge is 2.26. The lowest BCUT2D eigenvalue weighted by molar-refractivity contribution is 0.0924. The fourth-order valence-electron chi connectivity index (χ4n) is 2.60. The van der Waals surface area contributed by atoms with Gasteiger partial charge < -0.3 is 9.88 Å². The standard InChI is InChI=1S/C15H22NO2P/c1-3-19(18,4-2)10-9-13-11-12-7-5-6-8-14(12)15(17)16-13/h5-8,13H,3-4,9-11H2,1-2H3,(H,16,17). The zero-order chi connectivity index (χ0) is 13.9. The average Bonchev–Trinajstić information content (AvgIpc) is 2.45. The Labute approximate surface area is 115 Å². The van der Waals surface area contributed by atoms with E-state index in [2.05, 4.69) is 5.32 Å². The highest BCUT2D eigenvalue weighted by Crippen LogP contribution is 2.45. The van der Waals surface area contributed by atoms with Gasteiger partial charge in [0, 0.05) is 17.8 Å². The van der Waals surface area contributed by atoms with Crippen LogP contribution in [0, 0.1) is 0 Å². The maximum atomic E-state index is 12.4. The summed E-state index contributed by atoms with van der Waals surface area (Å²) in [6, 6.07) is 7.87. The van der Waals surface area contributed by atoms with Gasteiger partial charge in [-0.15, -0.1) is 0 Å². The second kappa shape index (κ2) is 5.92. The minimum absolute atomic E-state index is 0.00896. The fraction of sp³-hybridized carbons (Fsp3) is 0.533. The number of nitrogens with one attached hydrogen (secondary N) is 1. The first-order chi connectivity index (χ1) is 9.08. The van der Waals surface area contributed by atoms with Gasteiger partial charge in [-0.25, -0.2) is 0 Å². The molecule has 104 valence electrons. The third-order valence-electron chi connectivity index (χ3n) is 4.10. The van der Waals surface area contributed by atoms with E-state index in [-0.39, 0.29) is 11.9 Å². The Hall–Kier alpha value is -1.08. The number of rotatable bonds is 5. The predicted octanol–water partition coefficient (Wildman–Crippen LogP) is 3.13. The van der Waals surface area contributed by atoms with E-state index in [9.17, 15) is 9.36 Å². The lowest BCUT2D eigenvalue weighted by atomic mass is 9.94. The fourth-order valence-corrected chi connectivity index (χ4v) is 4.47. The normalized spacial score (nSPS) is 18.8. The molecule has 0 bridgehead atoms. The monoisotopic (exact) mass is 279 g/mol. The smallest absolute Gasteiger partial charge is 0.251 e. The van der Waals surface area contributed by atoms with Crippen LogP contribution in [0.4, 0.5) is 0 Å². The van der Waals surface area contributed by atoms with Crippen LogP contribution < -0.4 is 5.32 Å². The van der Waals surface area contributed by atoms with Crippen molar-refractivity contribution in [2.24, 2.45) is 0 Å². The zero-order valence-electron chi connectivity index (χ0n) is 11.7. The Morgan fingerprint density at radius 1 is 1.26 bits per heavy atom. The van der Waals surface area contributed by atoms with Crippen LogP contribution in [0.1, 0.15) is 36.2 Å². The summed E-state index contributed by atoms with van der Waals surface area (Å²) in [5.74, 6) is 0.00896. The van der Waals surface area contributed by atoms with Gasteiger partial charge >= 0.3 is 0 Å². The molecule has 0 aliphatic carbocycles. The van der Waals surface area contributed by atoms with Crippen molar-refractivity contribution >= 4 is 13.0 Å². The summed E-state index contributed by atoms with van der Waals surface area (Å²) in [7, 11) is -2.00. The molecule has 1 unspecified atom stereocenters. The quantitative estimate of drug-likeness (QED) is 0.842. The number of hydrogen-bond acceptors (Lipinski definition) is 2. The average molecular weight is 279 g/mol. The molecule has 3 nitrogen and oxygen atoms in total.